The highest BCUT2D eigenvalue weighted by Gasteiger charge is 2.29. The first kappa shape index (κ1) is 21.5. The Kier molecular flexibility index (Phi) is 9.68. The molecule has 0 aliphatic heterocycles. The Balaban J connectivity index is 4.13. The second kappa shape index (κ2) is 10.3. The molecule has 0 heterocycles. The number of rotatable bonds is 11. The van der Waals surface area contributed by atoms with Crippen molar-refractivity contribution in [1.29, 1.82) is 0 Å². The normalized spacial score (nSPS) is 13.0. The third-order valence-electron chi connectivity index (χ3n) is 3.91. The van der Waals surface area contributed by atoms with Crippen molar-refractivity contribution in [2.75, 3.05) is 13.2 Å². The van der Waals surface area contributed by atoms with Gasteiger partial charge in [0.05, 0.1) is 12.2 Å². The molecule has 0 bridgehead atoms. The van der Waals surface area contributed by atoms with Gasteiger partial charge in [0, 0.05) is 6.08 Å². The van der Waals surface area contributed by atoms with E-state index in [1.807, 2.05) is 13.8 Å². The van der Waals surface area contributed by atoms with Crippen LogP contribution in [0.2, 0.25) is 0 Å². The van der Waals surface area contributed by atoms with Crippen LogP contribution in [0, 0.1) is 0 Å². The molecule has 0 unspecified atom stereocenters. The molecule has 0 saturated heterocycles. The highest BCUT2D eigenvalue weighted by Crippen LogP contribution is 2.16. The van der Waals surface area contributed by atoms with Crippen LogP contribution in [0.4, 0.5) is 0 Å². The van der Waals surface area contributed by atoms with Crippen molar-refractivity contribution in [3.63, 3.8) is 0 Å². The number of carbonyl (C=O) groups excluding carboxylic acids is 2. The summed E-state index contributed by atoms with van der Waals surface area (Å²) in [6.45, 7) is 10.1. The molecule has 0 aliphatic carbocycles. The zero-order chi connectivity index (χ0) is 17.9. The van der Waals surface area contributed by atoms with E-state index >= 15 is 0 Å². The van der Waals surface area contributed by atoms with Gasteiger partial charge in [0.25, 0.3) is 0 Å². The monoisotopic (exact) mass is 326 g/mol. The molecule has 0 atom stereocenters. The second-order valence-corrected chi connectivity index (χ2v) is 5.96. The number of hydrogen-bond donors (Lipinski definition) is 1. The molecule has 0 rings (SSSR count). The van der Waals surface area contributed by atoms with E-state index in [9.17, 15) is 14.7 Å². The van der Waals surface area contributed by atoms with Gasteiger partial charge >= 0.3 is 5.97 Å². The fraction of sp³-hybridized carbons (Fsp3) is 0.667. The minimum Gasteiger partial charge on any atom is -0.458 e. The molecule has 0 radical (unpaired) electrons. The van der Waals surface area contributed by atoms with Crippen LogP contribution in [-0.4, -0.2) is 41.3 Å². The molecular weight excluding hydrogens is 296 g/mol. The summed E-state index contributed by atoms with van der Waals surface area (Å²) in [5, 5.41) is 9.99. The Bertz CT molecular complexity index is 431. The minimum atomic E-state index is -1.40. The molecule has 0 aromatic rings. The van der Waals surface area contributed by atoms with E-state index in [-0.39, 0.29) is 12.2 Å². The van der Waals surface area contributed by atoms with E-state index in [1.165, 1.54) is 0 Å². The molecule has 0 spiro atoms. The molecule has 1 N–H and O–H groups in total. The van der Waals surface area contributed by atoms with Gasteiger partial charge in [-0.05, 0) is 45.3 Å². The van der Waals surface area contributed by atoms with Gasteiger partial charge in [0.1, 0.15) is 12.2 Å². The van der Waals surface area contributed by atoms with Crippen molar-refractivity contribution in [2.45, 2.75) is 65.1 Å². The van der Waals surface area contributed by atoms with Gasteiger partial charge in [-0.25, -0.2) is 4.79 Å². The number of ketones is 1. The van der Waals surface area contributed by atoms with E-state index in [0.29, 0.717) is 19.4 Å². The summed E-state index contributed by atoms with van der Waals surface area (Å²) in [7, 11) is 0. The number of esters is 1. The van der Waals surface area contributed by atoms with Crippen molar-refractivity contribution in [3.05, 3.63) is 24.3 Å². The third kappa shape index (κ3) is 8.67. The fourth-order valence-corrected chi connectivity index (χ4v) is 1.59. The van der Waals surface area contributed by atoms with Crippen LogP contribution in [0.5, 0.6) is 0 Å². The summed E-state index contributed by atoms with van der Waals surface area (Å²) in [4.78, 5) is 23.3. The topological polar surface area (TPSA) is 72.8 Å². The lowest BCUT2D eigenvalue weighted by Gasteiger charge is -2.22. The molecule has 0 aromatic carbocycles. The Labute approximate surface area is 139 Å². The fourth-order valence-electron chi connectivity index (χ4n) is 1.59. The summed E-state index contributed by atoms with van der Waals surface area (Å²) < 4.78 is 10.5. The highest BCUT2D eigenvalue weighted by molar-refractivity contribution is 6.00. The Morgan fingerprint density at radius 2 is 1.52 bits per heavy atom. The Morgan fingerprint density at radius 1 is 0.957 bits per heavy atom. The average Bonchev–Trinajstić information content (AvgIpc) is 2.54. The SMILES string of the molecule is CCC(C)(C)OC/C=C\COC(=O)/C=C/C(=O)C(O)(CC)CC. The standard InChI is InChI=1S/C18H30O5/c1-6-17(4,5)23-14-10-9-13-22-16(20)12-11-15(19)18(21,7-2)8-3/h9-12,21H,6-8,13-14H2,1-5H3/b10-9-,12-11+. The number of ether oxygens (including phenoxy) is 2. The maximum atomic E-state index is 11.8. The Morgan fingerprint density at radius 3 is 2.04 bits per heavy atom. The van der Waals surface area contributed by atoms with E-state index in [2.05, 4.69) is 6.92 Å². The second-order valence-electron chi connectivity index (χ2n) is 5.96. The first-order chi connectivity index (χ1) is 10.7. The quantitative estimate of drug-likeness (QED) is 0.359. The predicted molar refractivity (Wildman–Crippen MR) is 90.1 cm³/mol. The van der Waals surface area contributed by atoms with Crippen molar-refractivity contribution in [2.24, 2.45) is 0 Å². The summed E-state index contributed by atoms with van der Waals surface area (Å²) in [5.74, 6) is -1.10. The van der Waals surface area contributed by atoms with Gasteiger partial charge in [-0.2, -0.15) is 0 Å². The van der Waals surface area contributed by atoms with Crippen molar-refractivity contribution in [3.8, 4) is 0 Å². The predicted octanol–water partition coefficient (Wildman–Crippen LogP) is 2.97. The van der Waals surface area contributed by atoms with Crippen LogP contribution in [0.25, 0.3) is 0 Å². The molecular formula is C18H30O5. The molecule has 5 heteroatoms. The lowest BCUT2D eigenvalue weighted by atomic mass is 9.92. The molecule has 0 aliphatic rings. The lowest BCUT2D eigenvalue weighted by Crippen LogP contribution is -2.35. The molecule has 23 heavy (non-hydrogen) atoms. The van der Waals surface area contributed by atoms with Crippen LogP contribution in [0.3, 0.4) is 0 Å². The highest BCUT2D eigenvalue weighted by atomic mass is 16.5. The van der Waals surface area contributed by atoms with Gasteiger partial charge in [0.15, 0.2) is 5.78 Å². The van der Waals surface area contributed by atoms with Crippen LogP contribution in [-0.2, 0) is 19.1 Å². The zero-order valence-electron chi connectivity index (χ0n) is 14.9. The van der Waals surface area contributed by atoms with Gasteiger partial charge in [-0.1, -0.05) is 26.8 Å². The molecule has 0 amide bonds. The summed E-state index contributed by atoms with van der Waals surface area (Å²) in [6.07, 6.45) is 7.11. The molecule has 0 saturated carbocycles. The maximum Gasteiger partial charge on any atom is 0.331 e. The molecule has 0 aromatic heterocycles. The van der Waals surface area contributed by atoms with Crippen LogP contribution >= 0.6 is 0 Å². The smallest absolute Gasteiger partial charge is 0.331 e. The van der Waals surface area contributed by atoms with Crippen LogP contribution in [0.1, 0.15) is 53.9 Å². The van der Waals surface area contributed by atoms with E-state index in [1.54, 1.807) is 26.0 Å². The molecule has 5 nitrogen and oxygen atoms in total. The van der Waals surface area contributed by atoms with Gasteiger partial charge in [-0.15, -0.1) is 0 Å². The van der Waals surface area contributed by atoms with Crippen molar-refractivity contribution >= 4 is 11.8 Å². The molecule has 132 valence electrons. The summed E-state index contributed by atoms with van der Waals surface area (Å²) in [6, 6.07) is 0. The minimum absolute atomic E-state index is 0.110. The summed E-state index contributed by atoms with van der Waals surface area (Å²) >= 11 is 0. The van der Waals surface area contributed by atoms with E-state index in [4.69, 9.17) is 9.47 Å². The zero-order valence-corrected chi connectivity index (χ0v) is 14.9. The van der Waals surface area contributed by atoms with E-state index in [0.717, 1.165) is 18.6 Å². The van der Waals surface area contributed by atoms with Crippen molar-refractivity contribution < 1.29 is 24.2 Å². The average molecular weight is 326 g/mol. The lowest BCUT2D eigenvalue weighted by molar-refractivity contribution is -0.137. The first-order valence-electron chi connectivity index (χ1n) is 8.11. The molecule has 0 fully saturated rings. The van der Waals surface area contributed by atoms with Crippen molar-refractivity contribution in [1.82, 2.24) is 0 Å². The number of hydrogen-bond acceptors (Lipinski definition) is 5. The van der Waals surface area contributed by atoms with E-state index < -0.39 is 17.4 Å². The maximum absolute atomic E-state index is 11.8. The third-order valence-corrected chi connectivity index (χ3v) is 3.91. The van der Waals surface area contributed by atoms with Crippen LogP contribution in [0.15, 0.2) is 24.3 Å². The summed E-state index contributed by atoms with van der Waals surface area (Å²) in [5.41, 5.74) is -1.57. The van der Waals surface area contributed by atoms with Gasteiger partial charge in [0.2, 0.25) is 0 Å². The van der Waals surface area contributed by atoms with Crippen LogP contribution < -0.4 is 0 Å². The largest absolute Gasteiger partial charge is 0.458 e. The van der Waals surface area contributed by atoms with Gasteiger partial charge in [-0.3, -0.25) is 4.79 Å². The first-order valence-corrected chi connectivity index (χ1v) is 8.11. The number of aliphatic hydroxyl groups is 1. The number of carbonyl (C=O) groups is 2. The Hall–Kier alpha value is -1.46. The van der Waals surface area contributed by atoms with Gasteiger partial charge < -0.3 is 14.6 Å².